The summed E-state index contributed by atoms with van der Waals surface area (Å²) in [5.74, 6) is 0.920. The average molecular weight is 199 g/mol. The Labute approximate surface area is 88.7 Å². The fraction of sp³-hybridized carbons (Fsp3) is 0.917. The zero-order valence-corrected chi connectivity index (χ0v) is 10.3. The van der Waals surface area contributed by atoms with Crippen molar-refractivity contribution in [1.82, 2.24) is 4.90 Å². The van der Waals surface area contributed by atoms with Crippen molar-refractivity contribution in [1.29, 1.82) is 0 Å². The number of amides is 1. The van der Waals surface area contributed by atoms with E-state index in [-0.39, 0.29) is 0 Å². The van der Waals surface area contributed by atoms with E-state index in [1.54, 1.807) is 0 Å². The molecule has 1 atom stereocenters. The van der Waals surface area contributed by atoms with Crippen molar-refractivity contribution in [3.8, 4) is 0 Å². The summed E-state index contributed by atoms with van der Waals surface area (Å²) >= 11 is 0. The second-order valence-electron chi connectivity index (χ2n) is 4.38. The van der Waals surface area contributed by atoms with Gasteiger partial charge >= 0.3 is 0 Å². The van der Waals surface area contributed by atoms with Gasteiger partial charge in [-0.05, 0) is 19.3 Å². The fourth-order valence-corrected chi connectivity index (χ4v) is 1.46. The van der Waals surface area contributed by atoms with Crippen LogP contribution in [-0.2, 0) is 4.79 Å². The van der Waals surface area contributed by atoms with E-state index in [1.165, 1.54) is 6.42 Å². The summed E-state index contributed by atoms with van der Waals surface area (Å²) in [7, 11) is 0. The molecule has 1 aliphatic rings. The van der Waals surface area contributed by atoms with E-state index >= 15 is 0 Å². The standard InChI is InChI=1S/C9H17NO.C3H8/c1-7(2)8(3)10-6-4-5-9(10)11;1-3-2/h7-8H,4-6H2,1-3H3;3H2,1-2H3. The minimum atomic E-state index is 0.339. The van der Waals surface area contributed by atoms with Crippen molar-refractivity contribution < 1.29 is 4.79 Å². The van der Waals surface area contributed by atoms with Crippen LogP contribution in [0, 0.1) is 5.92 Å². The SMILES string of the molecule is CC(C)C(C)N1CCCC1=O.CCC. The van der Waals surface area contributed by atoms with Crippen LogP contribution in [0.4, 0.5) is 0 Å². The maximum absolute atomic E-state index is 11.2. The number of rotatable bonds is 2. The molecular weight excluding hydrogens is 174 g/mol. The van der Waals surface area contributed by atoms with E-state index in [0.717, 1.165) is 19.4 Å². The lowest BCUT2D eigenvalue weighted by atomic mass is 10.1. The number of carbonyl (C=O) groups is 1. The molecule has 1 fully saturated rings. The minimum Gasteiger partial charge on any atom is -0.340 e. The molecule has 84 valence electrons. The first-order valence-electron chi connectivity index (χ1n) is 5.84. The average Bonchev–Trinajstić information content (AvgIpc) is 2.51. The van der Waals surface area contributed by atoms with Gasteiger partial charge in [0.15, 0.2) is 0 Å². The molecule has 0 aromatic rings. The van der Waals surface area contributed by atoms with E-state index in [0.29, 0.717) is 17.9 Å². The number of nitrogens with zero attached hydrogens (tertiary/aromatic N) is 1. The van der Waals surface area contributed by atoms with Crippen molar-refractivity contribution in [3.05, 3.63) is 0 Å². The summed E-state index contributed by atoms with van der Waals surface area (Å²) in [5.41, 5.74) is 0. The van der Waals surface area contributed by atoms with E-state index in [2.05, 4.69) is 34.6 Å². The normalized spacial score (nSPS) is 18.1. The van der Waals surface area contributed by atoms with Crippen LogP contribution in [0.15, 0.2) is 0 Å². The number of hydrogen-bond acceptors (Lipinski definition) is 1. The van der Waals surface area contributed by atoms with Crippen molar-refractivity contribution in [2.75, 3.05) is 6.54 Å². The van der Waals surface area contributed by atoms with E-state index in [1.807, 2.05) is 4.90 Å². The van der Waals surface area contributed by atoms with Gasteiger partial charge in [-0.3, -0.25) is 4.79 Å². The Balaban J connectivity index is 0.000000500. The number of likely N-dealkylation sites (tertiary alicyclic amines) is 1. The molecule has 1 unspecified atom stereocenters. The highest BCUT2D eigenvalue weighted by molar-refractivity contribution is 5.78. The molecule has 0 radical (unpaired) electrons. The van der Waals surface area contributed by atoms with Gasteiger partial charge in [0.05, 0.1) is 0 Å². The minimum absolute atomic E-state index is 0.339. The predicted molar refractivity (Wildman–Crippen MR) is 61.2 cm³/mol. The molecule has 1 saturated heterocycles. The van der Waals surface area contributed by atoms with Crippen LogP contribution < -0.4 is 0 Å². The fourth-order valence-electron chi connectivity index (χ4n) is 1.46. The zero-order chi connectivity index (χ0) is 11.1. The Morgan fingerprint density at radius 3 is 2.07 bits per heavy atom. The van der Waals surface area contributed by atoms with Crippen molar-refractivity contribution in [3.63, 3.8) is 0 Å². The van der Waals surface area contributed by atoms with Gasteiger partial charge in [0.25, 0.3) is 0 Å². The summed E-state index contributed by atoms with van der Waals surface area (Å²) in [6, 6.07) is 0.421. The van der Waals surface area contributed by atoms with Crippen LogP contribution in [-0.4, -0.2) is 23.4 Å². The largest absolute Gasteiger partial charge is 0.340 e. The lowest BCUT2D eigenvalue weighted by molar-refractivity contribution is -0.130. The first-order valence-corrected chi connectivity index (χ1v) is 5.84. The second-order valence-corrected chi connectivity index (χ2v) is 4.38. The molecule has 1 aliphatic heterocycles. The maximum Gasteiger partial charge on any atom is 0.222 e. The van der Waals surface area contributed by atoms with E-state index < -0.39 is 0 Å². The summed E-state index contributed by atoms with van der Waals surface area (Å²) in [6.45, 7) is 11.7. The highest BCUT2D eigenvalue weighted by atomic mass is 16.2. The Hall–Kier alpha value is -0.530. The van der Waals surface area contributed by atoms with Crippen LogP contribution in [0.25, 0.3) is 0 Å². The topological polar surface area (TPSA) is 20.3 Å². The van der Waals surface area contributed by atoms with E-state index in [9.17, 15) is 4.79 Å². The number of hydrogen-bond donors (Lipinski definition) is 0. The molecule has 14 heavy (non-hydrogen) atoms. The lowest BCUT2D eigenvalue weighted by Crippen LogP contribution is -2.37. The van der Waals surface area contributed by atoms with Crippen LogP contribution in [0.3, 0.4) is 0 Å². The third kappa shape index (κ3) is 4.12. The molecule has 0 bridgehead atoms. The first kappa shape index (κ1) is 13.5. The monoisotopic (exact) mass is 199 g/mol. The highest BCUT2D eigenvalue weighted by Gasteiger charge is 2.26. The van der Waals surface area contributed by atoms with Gasteiger partial charge in [-0.15, -0.1) is 0 Å². The van der Waals surface area contributed by atoms with Crippen LogP contribution in [0.1, 0.15) is 53.9 Å². The van der Waals surface area contributed by atoms with Crippen molar-refractivity contribution >= 4 is 5.91 Å². The maximum atomic E-state index is 11.2. The summed E-state index contributed by atoms with van der Waals surface area (Å²) in [4.78, 5) is 13.3. The van der Waals surface area contributed by atoms with Crippen molar-refractivity contribution in [2.24, 2.45) is 5.92 Å². The van der Waals surface area contributed by atoms with Crippen LogP contribution >= 0.6 is 0 Å². The quantitative estimate of drug-likeness (QED) is 0.669. The molecule has 0 aromatic heterocycles. The third-order valence-corrected chi connectivity index (χ3v) is 2.57. The third-order valence-electron chi connectivity index (χ3n) is 2.57. The molecule has 0 aliphatic carbocycles. The molecule has 1 amide bonds. The molecule has 1 heterocycles. The van der Waals surface area contributed by atoms with Gasteiger partial charge in [-0.2, -0.15) is 0 Å². The Bertz CT molecular complexity index is 166. The zero-order valence-electron chi connectivity index (χ0n) is 10.3. The molecule has 2 heteroatoms. The van der Waals surface area contributed by atoms with E-state index in [4.69, 9.17) is 0 Å². The molecule has 0 aromatic carbocycles. The summed E-state index contributed by atoms with van der Waals surface area (Å²) < 4.78 is 0. The number of carbonyl (C=O) groups excluding carboxylic acids is 1. The van der Waals surface area contributed by atoms with Gasteiger partial charge in [0.1, 0.15) is 0 Å². The molecule has 2 nitrogen and oxygen atoms in total. The molecule has 1 rings (SSSR count). The molecule has 0 saturated carbocycles. The second kappa shape index (κ2) is 6.86. The molecular formula is C12H25NO. The highest BCUT2D eigenvalue weighted by Crippen LogP contribution is 2.17. The molecule has 0 N–H and O–H groups in total. The Kier molecular flexibility index (Phi) is 6.60. The van der Waals surface area contributed by atoms with Gasteiger partial charge in [-0.1, -0.05) is 34.1 Å². The molecule has 0 spiro atoms. The van der Waals surface area contributed by atoms with Gasteiger partial charge in [0.2, 0.25) is 5.91 Å². The van der Waals surface area contributed by atoms with Gasteiger partial charge in [0, 0.05) is 19.0 Å². The lowest BCUT2D eigenvalue weighted by Gasteiger charge is -2.27. The Morgan fingerprint density at radius 2 is 1.79 bits per heavy atom. The summed E-state index contributed by atoms with van der Waals surface area (Å²) in [5, 5.41) is 0. The first-order chi connectivity index (χ1) is 6.54. The van der Waals surface area contributed by atoms with Crippen LogP contribution in [0.2, 0.25) is 0 Å². The van der Waals surface area contributed by atoms with Crippen molar-refractivity contribution in [2.45, 2.75) is 59.9 Å². The Morgan fingerprint density at radius 1 is 1.29 bits per heavy atom. The van der Waals surface area contributed by atoms with Crippen LogP contribution in [0.5, 0.6) is 0 Å². The van der Waals surface area contributed by atoms with Gasteiger partial charge in [-0.25, -0.2) is 0 Å². The predicted octanol–water partition coefficient (Wildman–Crippen LogP) is 3.07. The van der Waals surface area contributed by atoms with Gasteiger partial charge < -0.3 is 4.90 Å². The summed E-state index contributed by atoms with van der Waals surface area (Å²) in [6.07, 6.45) is 3.06. The smallest absolute Gasteiger partial charge is 0.222 e.